The first-order valence-corrected chi connectivity index (χ1v) is 7.26. The monoisotopic (exact) mass is 327 g/mol. The number of hydrogen-bond acceptors (Lipinski definition) is 4. The number of hydrogen-bond donors (Lipinski definition) is 0. The van der Waals surface area contributed by atoms with Crippen molar-refractivity contribution in [3.63, 3.8) is 0 Å². The van der Waals surface area contributed by atoms with Crippen molar-refractivity contribution in [3.8, 4) is 6.07 Å². The Bertz CT molecular complexity index is 430. The molecule has 1 aromatic rings. The molecule has 0 N–H and O–H groups in total. The first kappa shape index (κ1) is 15.0. The van der Waals surface area contributed by atoms with Gasteiger partial charge in [0, 0.05) is 36.4 Å². The number of aromatic nitrogens is 1. The van der Waals surface area contributed by atoms with Crippen molar-refractivity contribution in [1.29, 1.82) is 5.26 Å². The summed E-state index contributed by atoms with van der Waals surface area (Å²) in [5.41, 5.74) is 0. The van der Waals surface area contributed by atoms with Crippen molar-refractivity contribution in [2.24, 2.45) is 0 Å². The number of thioether (sulfide) groups is 1. The summed E-state index contributed by atoms with van der Waals surface area (Å²) in [6.45, 7) is 0.497. The molecule has 0 unspecified atom stereocenters. The minimum absolute atomic E-state index is 0.0647. The minimum Gasteiger partial charge on any atom is -0.345 e. The topological polar surface area (TPSA) is 57.0 Å². The van der Waals surface area contributed by atoms with E-state index in [0.717, 1.165) is 9.50 Å². The highest BCUT2D eigenvalue weighted by molar-refractivity contribution is 9.10. The maximum absolute atomic E-state index is 11.7. The molecule has 6 heteroatoms. The van der Waals surface area contributed by atoms with Crippen LogP contribution >= 0.6 is 27.7 Å². The quantitative estimate of drug-likeness (QED) is 0.754. The normalized spacial score (nSPS) is 9.83. The fourth-order valence-electron chi connectivity index (χ4n) is 1.22. The lowest BCUT2D eigenvalue weighted by atomic mass is 10.3. The molecule has 0 atom stereocenters. The van der Waals surface area contributed by atoms with Crippen molar-refractivity contribution in [3.05, 3.63) is 22.8 Å². The molecular formula is C12H14BrN3OS. The van der Waals surface area contributed by atoms with Gasteiger partial charge < -0.3 is 4.90 Å². The Balaban J connectivity index is 2.27. The fraction of sp³-hybridized carbons (Fsp3) is 0.417. The van der Waals surface area contributed by atoms with Gasteiger partial charge in [-0.3, -0.25) is 4.79 Å². The Hall–Kier alpha value is -1.06. The van der Waals surface area contributed by atoms with E-state index in [9.17, 15) is 4.79 Å². The molecule has 1 aromatic heterocycles. The summed E-state index contributed by atoms with van der Waals surface area (Å²) in [6, 6.07) is 5.87. The lowest BCUT2D eigenvalue weighted by Crippen LogP contribution is -2.27. The van der Waals surface area contributed by atoms with Crippen molar-refractivity contribution >= 4 is 33.6 Å². The van der Waals surface area contributed by atoms with Crippen molar-refractivity contribution < 1.29 is 4.79 Å². The van der Waals surface area contributed by atoms with E-state index in [0.29, 0.717) is 25.1 Å². The SMILES string of the molecule is CN(CCC#N)C(=O)CCSc1ccc(Br)cn1. The Morgan fingerprint density at radius 1 is 1.61 bits per heavy atom. The van der Waals surface area contributed by atoms with E-state index >= 15 is 0 Å². The Labute approximate surface area is 120 Å². The number of carbonyl (C=O) groups excluding carboxylic acids is 1. The molecule has 0 aliphatic heterocycles. The summed E-state index contributed by atoms with van der Waals surface area (Å²) in [5.74, 6) is 0.763. The number of pyridine rings is 1. The van der Waals surface area contributed by atoms with Gasteiger partial charge in [0.2, 0.25) is 5.91 Å². The number of rotatable bonds is 6. The van der Waals surface area contributed by atoms with Crippen LogP contribution in [0.1, 0.15) is 12.8 Å². The third kappa shape index (κ3) is 5.52. The van der Waals surface area contributed by atoms with Gasteiger partial charge in [0.15, 0.2) is 0 Å². The molecule has 0 saturated carbocycles. The standard InChI is InChI=1S/C12H14BrN3OS/c1-16(7-2-6-14)12(17)5-8-18-11-4-3-10(13)9-15-11/h3-4,9H,2,5,7-8H2,1H3. The van der Waals surface area contributed by atoms with Crippen LogP contribution in [-0.2, 0) is 4.79 Å². The third-order valence-electron chi connectivity index (χ3n) is 2.25. The number of nitriles is 1. The van der Waals surface area contributed by atoms with Crippen LogP contribution in [0.25, 0.3) is 0 Å². The lowest BCUT2D eigenvalue weighted by Gasteiger charge is -2.14. The van der Waals surface area contributed by atoms with Gasteiger partial charge in [0.1, 0.15) is 0 Å². The third-order valence-corrected chi connectivity index (χ3v) is 3.67. The molecule has 0 saturated heterocycles. The summed E-state index contributed by atoms with van der Waals surface area (Å²) in [5, 5.41) is 9.35. The molecule has 0 aliphatic rings. The maximum atomic E-state index is 11.7. The number of carbonyl (C=O) groups is 1. The van der Waals surface area contributed by atoms with Gasteiger partial charge in [0.05, 0.1) is 17.5 Å². The summed E-state index contributed by atoms with van der Waals surface area (Å²) >= 11 is 4.88. The summed E-state index contributed by atoms with van der Waals surface area (Å²) in [4.78, 5) is 17.5. The molecule has 0 aromatic carbocycles. The van der Waals surface area contributed by atoms with Crippen LogP contribution in [0.4, 0.5) is 0 Å². The van der Waals surface area contributed by atoms with Gasteiger partial charge in [-0.15, -0.1) is 11.8 Å². The highest BCUT2D eigenvalue weighted by Crippen LogP contribution is 2.18. The summed E-state index contributed by atoms with van der Waals surface area (Å²) in [6.07, 6.45) is 2.58. The lowest BCUT2D eigenvalue weighted by molar-refractivity contribution is -0.129. The second-order valence-electron chi connectivity index (χ2n) is 3.64. The van der Waals surface area contributed by atoms with E-state index in [4.69, 9.17) is 5.26 Å². The Morgan fingerprint density at radius 2 is 2.39 bits per heavy atom. The molecule has 1 amide bonds. The molecule has 0 spiro atoms. The van der Waals surface area contributed by atoms with Crippen LogP contribution in [0.3, 0.4) is 0 Å². The first-order chi connectivity index (χ1) is 8.63. The molecule has 0 radical (unpaired) electrons. The van der Waals surface area contributed by atoms with E-state index in [-0.39, 0.29) is 5.91 Å². The fourth-order valence-corrected chi connectivity index (χ4v) is 2.24. The number of nitrogens with zero attached hydrogens (tertiary/aromatic N) is 3. The highest BCUT2D eigenvalue weighted by atomic mass is 79.9. The molecule has 1 heterocycles. The summed E-state index contributed by atoms with van der Waals surface area (Å²) in [7, 11) is 1.72. The van der Waals surface area contributed by atoms with E-state index in [1.165, 1.54) is 0 Å². The number of amides is 1. The molecule has 0 bridgehead atoms. The number of halogens is 1. The van der Waals surface area contributed by atoms with Gasteiger partial charge in [-0.2, -0.15) is 5.26 Å². The maximum Gasteiger partial charge on any atom is 0.223 e. The van der Waals surface area contributed by atoms with Gasteiger partial charge in [-0.1, -0.05) is 0 Å². The zero-order valence-corrected chi connectivity index (χ0v) is 12.5. The molecular weight excluding hydrogens is 314 g/mol. The van der Waals surface area contributed by atoms with Crippen LogP contribution < -0.4 is 0 Å². The van der Waals surface area contributed by atoms with E-state index in [2.05, 4.69) is 20.9 Å². The minimum atomic E-state index is 0.0647. The molecule has 4 nitrogen and oxygen atoms in total. The van der Waals surface area contributed by atoms with Crippen LogP contribution in [0.15, 0.2) is 27.8 Å². The highest BCUT2D eigenvalue weighted by Gasteiger charge is 2.08. The largest absolute Gasteiger partial charge is 0.345 e. The molecule has 1 rings (SSSR count). The van der Waals surface area contributed by atoms with Gasteiger partial charge >= 0.3 is 0 Å². The summed E-state index contributed by atoms with van der Waals surface area (Å²) < 4.78 is 0.944. The average Bonchev–Trinajstić information content (AvgIpc) is 2.38. The van der Waals surface area contributed by atoms with Crippen LogP contribution in [0.2, 0.25) is 0 Å². The second kappa shape index (κ2) is 8.11. The van der Waals surface area contributed by atoms with Crippen LogP contribution in [0.5, 0.6) is 0 Å². The van der Waals surface area contributed by atoms with E-state index in [1.807, 2.05) is 18.2 Å². The second-order valence-corrected chi connectivity index (χ2v) is 5.67. The molecule has 0 aliphatic carbocycles. The van der Waals surface area contributed by atoms with Gasteiger partial charge in [-0.05, 0) is 28.1 Å². The van der Waals surface area contributed by atoms with Gasteiger partial charge in [0.25, 0.3) is 0 Å². The Kier molecular flexibility index (Phi) is 6.76. The van der Waals surface area contributed by atoms with E-state index in [1.54, 1.807) is 29.9 Å². The Morgan fingerprint density at radius 3 is 3.00 bits per heavy atom. The van der Waals surface area contributed by atoms with Crippen molar-refractivity contribution in [2.75, 3.05) is 19.3 Å². The predicted molar refractivity (Wildman–Crippen MR) is 75.1 cm³/mol. The van der Waals surface area contributed by atoms with Gasteiger partial charge in [-0.25, -0.2) is 4.98 Å². The zero-order chi connectivity index (χ0) is 13.4. The van der Waals surface area contributed by atoms with E-state index < -0.39 is 0 Å². The first-order valence-electron chi connectivity index (χ1n) is 5.48. The molecule has 96 valence electrons. The van der Waals surface area contributed by atoms with Crippen molar-refractivity contribution in [1.82, 2.24) is 9.88 Å². The smallest absolute Gasteiger partial charge is 0.223 e. The van der Waals surface area contributed by atoms with Crippen LogP contribution in [0, 0.1) is 11.3 Å². The van der Waals surface area contributed by atoms with Crippen LogP contribution in [-0.4, -0.2) is 35.1 Å². The van der Waals surface area contributed by atoms with Crippen molar-refractivity contribution in [2.45, 2.75) is 17.9 Å². The molecule has 0 fully saturated rings. The molecule has 18 heavy (non-hydrogen) atoms. The predicted octanol–water partition coefficient (Wildman–Crippen LogP) is 2.70. The zero-order valence-electron chi connectivity index (χ0n) is 10.1. The average molecular weight is 328 g/mol.